The maximum absolute atomic E-state index is 5.20. The molecule has 0 saturated carbocycles. The van der Waals surface area contributed by atoms with Crippen molar-refractivity contribution in [3.8, 4) is 78.3 Å². The maximum atomic E-state index is 5.20. The number of rotatable bonds is 8. The average molecular weight is 1070 g/mol. The third-order valence-electron chi connectivity index (χ3n) is 17.5. The van der Waals surface area contributed by atoms with Crippen LogP contribution in [0.4, 0.5) is 0 Å². The van der Waals surface area contributed by atoms with Crippen LogP contribution in [0.2, 0.25) is 0 Å². The first kappa shape index (κ1) is 47.8. The molecule has 0 spiro atoms. The predicted molar refractivity (Wildman–Crippen MR) is 354 cm³/mol. The Balaban J connectivity index is 1.08. The summed E-state index contributed by atoms with van der Waals surface area (Å²) in [5.74, 6) is 0. The molecule has 1 aliphatic heterocycles. The Labute approximate surface area is 485 Å². The van der Waals surface area contributed by atoms with E-state index < -0.39 is 0 Å². The summed E-state index contributed by atoms with van der Waals surface area (Å²) in [6.07, 6.45) is 11.1. The minimum absolute atomic E-state index is 0.762. The number of pyridine rings is 3. The van der Waals surface area contributed by atoms with E-state index in [4.69, 9.17) is 19.9 Å². The number of aromatic nitrogens is 3. The van der Waals surface area contributed by atoms with Crippen LogP contribution < -0.4 is 0 Å². The standard InChI is InChI=1S/C80H50N4/c1-5-21-59-49(17-1)29-33-63(71-25-9-13-37-81-71)75(59)55-41-53-42-56(76-60-22-6-2-18-50(60)30-34-64(76)72-26-10-14-38-82-72)47-69-70-48-58(78-62-24-8-4-20-52(62)32-36-66(78)74-28-12-16-40-84-74)44-54-43-57(46-68(80(54)70)67(45-55)79(53)69)77-61-23-7-3-19-51(61)31-35-65(77)73-27-11-15-39-83-73/h1-15,17-39,41-48H,16,40H2. The maximum Gasteiger partial charge on any atom is 0.0708 e. The second-order valence-electron chi connectivity index (χ2n) is 22.2. The summed E-state index contributed by atoms with van der Waals surface area (Å²) in [6.45, 7) is 0.762. The van der Waals surface area contributed by atoms with Crippen molar-refractivity contribution < 1.29 is 0 Å². The number of allylic oxidation sites excluding steroid dienone is 1. The monoisotopic (exact) mass is 1070 g/mol. The highest BCUT2D eigenvalue weighted by Gasteiger charge is 2.25. The fourth-order valence-electron chi connectivity index (χ4n) is 13.9. The molecule has 0 unspecified atom stereocenters. The number of benzene rings is 13. The van der Waals surface area contributed by atoms with Crippen LogP contribution in [-0.4, -0.2) is 27.2 Å². The molecule has 0 fully saturated rings. The van der Waals surface area contributed by atoms with E-state index >= 15 is 0 Å². The van der Waals surface area contributed by atoms with Gasteiger partial charge < -0.3 is 0 Å². The van der Waals surface area contributed by atoms with Gasteiger partial charge in [-0.15, -0.1) is 0 Å². The molecule has 13 aromatic carbocycles. The van der Waals surface area contributed by atoms with Crippen molar-refractivity contribution >= 4 is 91.9 Å². The van der Waals surface area contributed by atoms with Crippen LogP contribution in [0.5, 0.6) is 0 Å². The molecule has 0 radical (unpaired) electrons. The van der Waals surface area contributed by atoms with Gasteiger partial charge in [-0.3, -0.25) is 19.9 Å². The summed E-state index contributed by atoms with van der Waals surface area (Å²) in [6, 6.07) is 91.9. The van der Waals surface area contributed by atoms with Crippen LogP contribution in [0.15, 0.2) is 284 Å². The zero-order chi connectivity index (χ0) is 55.2. The molecular formula is C80H50N4. The van der Waals surface area contributed by atoms with Gasteiger partial charge in [-0.1, -0.05) is 170 Å². The molecule has 0 amide bonds. The number of fused-ring (bicyclic) bond motifs is 6. The molecule has 4 nitrogen and oxygen atoms in total. The zero-order valence-electron chi connectivity index (χ0n) is 45.8. The molecule has 0 bridgehead atoms. The molecule has 0 aliphatic carbocycles. The summed E-state index contributed by atoms with van der Waals surface area (Å²) in [5.41, 5.74) is 17.4. The number of aliphatic imine (C=N–C) groups is 1. The van der Waals surface area contributed by atoms with E-state index in [1.165, 1.54) is 81.0 Å². The number of nitrogens with zero attached hydrogens (tertiary/aromatic N) is 4. The molecule has 0 saturated heterocycles. The highest BCUT2D eigenvalue weighted by molar-refractivity contribution is 6.36. The van der Waals surface area contributed by atoms with Gasteiger partial charge in [-0.25, -0.2) is 0 Å². The highest BCUT2D eigenvalue weighted by Crippen LogP contribution is 2.51. The molecule has 4 heteroatoms. The molecule has 0 N–H and O–H groups in total. The van der Waals surface area contributed by atoms with Crippen LogP contribution >= 0.6 is 0 Å². The van der Waals surface area contributed by atoms with E-state index in [9.17, 15) is 0 Å². The van der Waals surface area contributed by atoms with Crippen molar-refractivity contribution in [2.24, 2.45) is 4.99 Å². The molecular weight excluding hydrogens is 1020 g/mol. The summed E-state index contributed by atoms with van der Waals surface area (Å²) >= 11 is 0. The van der Waals surface area contributed by atoms with E-state index in [0.29, 0.717) is 0 Å². The van der Waals surface area contributed by atoms with Gasteiger partial charge in [0.2, 0.25) is 0 Å². The first-order valence-corrected chi connectivity index (χ1v) is 29.0. The minimum Gasteiger partial charge on any atom is -0.284 e. The van der Waals surface area contributed by atoms with Gasteiger partial charge in [0, 0.05) is 47.4 Å². The Morgan fingerprint density at radius 2 is 0.583 bits per heavy atom. The number of hydrogen-bond acceptors (Lipinski definition) is 4. The molecule has 0 atom stereocenters. The Morgan fingerprint density at radius 1 is 0.262 bits per heavy atom. The SMILES string of the molecule is C1=CC(c2ccc3ccccc3c2-c2cc3cc(-c4c(-c5ccccn5)ccc5ccccc45)cc4c5cc(-c6c(-c7ccccn7)ccc7ccccc67)cc6cc(-c7c(-c8ccccn8)ccc8ccccc78)cc(c(c2)c34)c65)=NCC1. The molecule has 3 aromatic heterocycles. The molecule has 84 heavy (non-hydrogen) atoms. The van der Waals surface area contributed by atoms with Gasteiger partial charge in [-0.05, 0) is 228 Å². The van der Waals surface area contributed by atoms with E-state index in [-0.39, 0.29) is 0 Å². The average Bonchev–Trinajstić information content (AvgIpc) is 1.37. The quantitative estimate of drug-likeness (QED) is 0.113. The van der Waals surface area contributed by atoms with E-state index in [2.05, 4.69) is 243 Å². The van der Waals surface area contributed by atoms with Crippen molar-refractivity contribution in [3.05, 3.63) is 285 Å². The largest absolute Gasteiger partial charge is 0.284 e. The highest BCUT2D eigenvalue weighted by atomic mass is 14.7. The minimum atomic E-state index is 0.762. The lowest BCUT2D eigenvalue weighted by atomic mass is 9.81. The van der Waals surface area contributed by atoms with Crippen molar-refractivity contribution in [3.63, 3.8) is 0 Å². The van der Waals surface area contributed by atoms with Crippen molar-refractivity contribution in [1.29, 1.82) is 0 Å². The van der Waals surface area contributed by atoms with E-state index in [1.54, 1.807) is 0 Å². The second-order valence-corrected chi connectivity index (χ2v) is 22.2. The third kappa shape index (κ3) is 7.68. The van der Waals surface area contributed by atoms with Crippen LogP contribution in [0.25, 0.3) is 164 Å². The Bertz CT molecular complexity index is 5410. The van der Waals surface area contributed by atoms with E-state index in [1.807, 2.05) is 36.8 Å². The van der Waals surface area contributed by atoms with Gasteiger partial charge in [-0.2, -0.15) is 0 Å². The van der Waals surface area contributed by atoms with Crippen LogP contribution in [0.1, 0.15) is 12.0 Å². The topological polar surface area (TPSA) is 51.0 Å². The Hall–Kier alpha value is -10.9. The Morgan fingerprint density at radius 3 is 0.905 bits per heavy atom. The fraction of sp³-hybridized carbons (Fsp3) is 0.0250. The number of hydrogen-bond donors (Lipinski definition) is 0. The molecule has 4 heterocycles. The lowest BCUT2D eigenvalue weighted by Crippen LogP contribution is -2.05. The first-order chi connectivity index (χ1) is 41.7. The number of dihydropyridines is 1. The van der Waals surface area contributed by atoms with Crippen molar-refractivity contribution in [2.75, 3.05) is 6.54 Å². The first-order valence-electron chi connectivity index (χ1n) is 29.0. The van der Waals surface area contributed by atoms with Gasteiger partial charge >= 0.3 is 0 Å². The summed E-state index contributed by atoms with van der Waals surface area (Å²) in [4.78, 5) is 20.3. The van der Waals surface area contributed by atoms with Gasteiger partial charge in [0.25, 0.3) is 0 Å². The summed E-state index contributed by atoms with van der Waals surface area (Å²) in [5, 5.41) is 18.9. The van der Waals surface area contributed by atoms with Crippen molar-refractivity contribution in [1.82, 2.24) is 15.0 Å². The summed E-state index contributed by atoms with van der Waals surface area (Å²) in [7, 11) is 0. The smallest absolute Gasteiger partial charge is 0.0708 e. The molecule has 1 aliphatic rings. The normalized spacial score (nSPS) is 12.7. The van der Waals surface area contributed by atoms with Gasteiger partial charge in [0.1, 0.15) is 0 Å². The molecule has 16 aromatic rings. The van der Waals surface area contributed by atoms with Crippen LogP contribution in [0.3, 0.4) is 0 Å². The predicted octanol–water partition coefficient (Wildman–Crippen LogP) is 21.0. The molecule has 17 rings (SSSR count). The van der Waals surface area contributed by atoms with Gasteiger partial charge in [0.15, 0.2) is 0 Å². The third-order valence-corrected chi connectivity index (χ3v) is 17.5. The van der Waals surface area contributed by atoms with Gasteiger partial charge in [0.05, 0.1) is 22.8 Å². The Kier molecular flexibility index (Phi) is 11.0. The fourth-order valence-corrected chi connectivity index (χ4v) is 13.9. The van der Waals surface area contributed by atoms with Crippen LogP contribution in [0, 0.1) is 0 Å². The summed E-state index contributed by atoms with van der Waals surface area (Å²) < 4.78 is 0. The van der Waals surface area contributed by atoms with Crippen LogP contribution in [-0.2, 0) is 0 Å². The van der Waals surface area contributed by atoms with E-state index in [0.717, 1.165) is 108 Å². The van der Waals surface area contributed by atoms with Crippen molar-refractivity contribution in [2.45, 2.75) is 6.42 Å². The second kappa shape index (κ2) is 19.4. The lowest BCUT2D eigenvalue weighted by Gasteiger charge is -2.23. The zero-order valence-corrected chi connectivity index (χ0v) is 45.8. The lowest BCUT2D eigenvalue weighted by molar-refractivity contribution is 0.994. The molecule has 390 valence electrons.